The minimum Gasteiger partial charge on any atom is -0.497 e. The smallest absolute Gasteiger partial charge is 0.121 e. The Morgan fingerprint density at radius 3 is 2.81 bits per heavy atom. The number of nitrogens with two attached hydrogens (primary N) is 1. The van der Waals surface area contributed by atoms with Crippen molar-refractivity contribution in [2.45, 2.75) is 6.54 Å². The number of benzene rings is 1. The molecule has 5 heteroatoms. The van der Waals surface area contributed by atoms with E-state index in [1.54, 1.807) is 13.3 Å². The molecule has 0 radical (unpaired) electrons. The van der Waals surface area contributed by atoms with Gasteiger partial charge >= 0.3 is 0 Å². The molecule has 2 aromatic heterocycles. The highest BCUT2D eigenvalue weighted by atomic mass is 16.5. The van der Waals surface area contributed by atoms with Gasteiger partial charge in [0, 0.05) is 30.6 Å². The minimum absolute atomic E-state index is 0.393. The summed E-state index contributed by atoms with van der Waals surface area (Å²) < 4.78 is 7.14. The van der Waals surface area contributed by atoms with E-state index in [0.29, 0.717) is 6.54 Å². The highest BCUT2D eigenvalue weighted by Gasteiger charge is 2.11. The third kappa shape index (κ3) is 2.64. The predicted octanol–water partition coefficient (Wildman–Crippen LogP) is 2.40. The molecule has 5 nitrogen and oxygen atoms in total. The van der Waals surface area contributed by atoms with Crippen LogP contribution in [0.25, 0.3) is 16.9 Å². The van der Waals surface area contributed by atoms with Crippen molar-refractivity contribution < 1.29 is 4.74 Å². The molecule has 0 amide bonds. The fourth-order valence-corrected chi connectivity index (χ4v) is 2.19. The van der Waals surface area contributed by atoms with E-state index >= 15 is 0 Å². The number of nitrogens with zero attached hydrogens (tertiary/aromatic N) is 3. The molecule has 0 saturated heterocycles. The standard InChI is InChI=1S/C16H16N4O/c1-21-15-6-2-5-14(9-15)20-16(8-13(10-17)19-20)12-4-3-7-18-11-12/h2-9,11H,10,17H2,1H3. The fraction of sp³-hybridized carbons (Fsp3) is 0.125. The van der Waals surface area contributed by atoms with Gasteiger partial charge in [0.25, 0.3) is 0 Å². The Bertz CT molecular complexity index is 737. The molecular weight excluding hydrogens is 264 g/mol. The fourth-order valence-electron chi connectivity index (χ4n) is 2.19. The molecule has 106 valence electrons. The number of hydrogen-bond acceptors (Lipinski definition) is 4. The molecule has 21 heavy (non-hydrogen) atoms. The molecule has 0 saturated carbocycles. The maximum Gasteiger partial charge on any atom is 0.121 e. The Balaban J connectivity index is 2.15. The molecule has 0 aliphatic heterocycles. The summed E-state index contributed by atoms with van der Waals surface area (Å²) in [4.78, 5) is 4.17. The van der Waals surface area contributed by atoms with E-state index in [0.717, 1.165) is 28.4 Å². The van der Waals surface area contributed by atoms with Gasteiger partial charge < -0.3 is 10.5 Å². The molecule has 2 N–H and O–H groups in total. The first-order valence-electron chi connectivity index (χ1n) is 6.65. The molecule has 3 rings (SSSR count). The number of pyridine rings is 1. The van der Waals surface area contributed by atoms with Crippen molar-refractivity contribution in [1.29, 1.82) is 0 Å². The Labute approximate surface area is 123 Å². The zero-order valence-corrected chi connectivity index (χ0v) is 11.7. The number of methoxy groups -OCH3 is 1. The van der Waals surface area contributed by atoms with Crippen LogP contribution in [0.3, 0.4) is 0 Å². The first-order chi connectivity index (χ1) is 10.3. The maximum absolute atomic E-state index is 5.73. The average Bonchev–Trinajstić information content (AvgIpc) is 3.00. The molecule has 0 bridgehead atoms. The summed E-state index contributed by atoms with van der Waals surface area (Å²) in [5.41, 5.74) is 9.43. The predicted molar refractivity (Wildman–Crippen MR) is 81.2 cm³/mol. The summed E-state index contributed by atoms with van der Waals surface area (Å²) in [5, 5.41) is 4.56. The monoisotopic (exact) mass is 280 g/mol. The lowest BCUT2D eigenvalue weighted by Gasteiger charge is -2.08. The highest BCUT2D eigenvalue weighted by molar-refractivity contribution is 5.62. The molecular formula is C16H16N4O. The lowest BCUT2D eigenvalue weighted by atomic mass is 10.2. The number of aromatic nitrogens is 3. The van der Waals surface area contributed by atoms with Crippen molar-refractivity contribution in [1.82, 2.24) is 14.8 Å². The van der Waals surface area contributed by atoms with Crippen LogP contribution in [0, 0.1) is 0 Å². The van der Waals surface area contributed by atoms with Gasteiger partial charge in [0.15, 0.2) is 0 Å². The van der Waals surface area contributed by atoms with Gasteiger partial charge in [0.1, 0.15) is 5.75 Å². The van der Waals surface area contributed by atoms with E-state index in [-0.39, 0.29) is 0 Å². The SMILES string of the molecule is COc1cccc(-n2nc(CN)cc2-c2cccnc2)c1. The van der Waals surface area contributed by atoms with Crippen molar-refractivity contribution in [2.75, 3.05) is 7.11 Å². The van der Waals surface area contributed by atoms with Crippen molar-refractivity contribution in [3.63, 3.8) is 0 Å². The quantitative estimate of drug-likeness (QED) is 0.797. The third-order valence-corrected chi connectivity index (χ3v) is 3.22. The molecule has 0 aliphatic carbocycles. The van der Waals surface area contributed by atoms with Crippen LogP contribution in [0.4, 0.5) is 0 Å². The maximum atomic E-state index is 5.73. The molecule has 3 aromatic rings. The molecule has 0 fully saturated rings. The van der Waals surface area contributed by atoms with E-state index in [4.69, 9.17) is 10.5 Å². The van der Waals surface area contributed by atoms with Crippen molar-refractivity contribution >= 4 is 0 Å². The van der Waals surface area contributed by atoms with E-state index < -0.39 is 0 Å². The van der Waals surface area contributed by atoms with Gasteiger partial charge in [-0.05, 0) is 30.3 Å². The molecule has 0 atom stereocenters. The van der Waals surface area contributed by atoms with E-state index in [9.17, 15) is 0 Å². The van der Waals surface area contributed by atoms with Crippen LogP contribution in [-0.4, -0.2) is 21.9 Å². The second-order valence-electron chi connectivity index (χ2n) is 4.58. The topological polar surface area (TPSA) is 66.0 Å². The van der Waals surface area contributed by atoms with Gasteiger partial charge in [-0.3, -0.25) is 4.98 Å². The number of hydrogen-bond donors (Lipinski definition) is 1. The van der Waals surface area contributed by atoms with Crippen LogP contribution in [0.5, 0.6) is 5.75 Å². The van der Waals surface area contributed by atoms with Crippen LogP contribution in [0.2, 0.25) is 0 Å². The lowest BCUT2D eigenvalue weighted by Crippen LogP contribution is -2.02. The second kappa shape index (κ2) is 5.76. The Hall–Kier alpha value is -2.66. The van der Waals surface area contributed by atoms with Crippen LogP contribution in [0.15, 0.2) is 54.9 Å². The van der Waals surface area contributed by atoms with Gasteiger partial charge in [-0.25, -0.2) is 4.68 Å². The van der Waals surface area contributed by atoms with Crippen molar-refractivity contribution in [3.05, 3.63) is 60.6 Å². The highest BCUT2D eigenvalue weighted by Crippen LogP contribution is 2.25. The molecule has 0 unspecified atom stereocenters. The molecule has 0 aliphatic rings. The zero-order chi connectivity index (χ0) is 14.7. The van der Waals surface area contributed by atoms with Crippen molar-refractivity contribution in [2.24, 2.45) is 5.73 Å². The Kier molecular flexibility index (Phi) is 3.66. The third-order valence-electron chi connectivity index (χ3n) is 3.22. The number of rotatable bonds is 4. The van der Waals surface area contributed by atoms with Crippen molar-refractivity contribution in [3.8, 4) is 22.7 Å². The van der Waals surface area contributed by atoms with Gasteiger partial charge in [0.05, 0.1) is 24.2 Å². The molecule has 2 heterocycles. The minimum atomic E-state index is 0.393. The normalized spacial score (nSPS) is 10.6. The van der Waals surface area contributed by atoms with E-state index in [1.807, 2.05) is 53.3 Å². The average molecular weight is 280 g/mol. The zero-order valence-electron chi connectivity index (χ0n) is 11.7. The number of ether oxygens (including phenoxy) is 1. The Morgan fingerprint density at radius 2 is 2.10 bits per heavy atom. The van der Waals surface area contributed by atoms with Crippen LogP contribution < -0.4 is 10.5 Å². The summed E-state index contributed by atoms with van der Waals surface area (Å²) >= 11 is 0. The lowest BCUT2D eigenvalue weighted by molar-refractivity contribution is 0.414. The van der Waals surface area contributed by atoms with Crippen LogP contribution >= 0.6 is 0 Å². The summed E-state index contributed by atoms with van der Waals surface area (Å²) in [6, 6.07) is 13.6. The second-order valence-corrected chi connectivity index (χ2v) is 4.58. The summed E-state index contributed by atoms with van der Waals surface area (Å²) in [7, 11) is 1.65. The van der Waals surface area contributed by atoms with E-state index in [1.165, 1.54) is 0 Å². The largest absolute Gasteiger partial charge is 0.497 e. The summed E-state index contributed by atoms with van der Waals surface area (Å²) in [6.45, 7) is 0.393. The van der Waals surface area contributed by atoms with Crippen LogP contribution in [-0.2, 0) is 6.54 Å². The van der Waals surface area contributed by atoms with Gasteiger partial charge in [-0.2, -0.15) is 5.10 Å². The molecule has 0 spiro atoms. The summed E-state index contributed by atoms with van der Waals surface area (Å²) in [6.07, 6.45) is 3.56. The van der Waals surface area contributed by atoms with Crippen LogP contribution in [0.1, 0.15) is 5.69 Å². The van der Waals surface area contributed by atoms with Gasteiger partial charge in [-0.15, -0.1) is 0 Å². The summed E-state index contributed by atoms with van der Waals surface area (Å²) in [5.74, 6) is 0.787. The van der Waals surface area contributed by atoms with E-state index in [2.05, 4.69) is 10.1 Å². The van der Waals surface area contributed by atoms with Gasteiger partial charge in [0.2, 0.25) is 0 Å². The Morgan fingerprint density at radius 1 is 1.19 bits per heavy atom. The van der Waals surface area contributed by atoms with Gasteiger partial charge in [-0.1, -0.05) is 6.07 Å². The first kappa shape index (κ1) is 13.3. The first-order valence-corrected chi connectivity index (χ1v) is 6.65. The molecule has 1 aromatic carbocycles.